The number of hydrogen-bond donors (Lipinski definition) is 2. The Balaban J connectivity index is 1.34. The standard InChI is InChI=1S/C29H33N5O3/c1-21(2)14-25(17-30-16-24-8-5-7-23-6-3-4-9-28(23)24)32-29(35)15-27-18-31-20-33(27)19-22-10-12-26(13-11-22)34(36)37/h3-13,18,20-21,25,30H,14-17,19H2,1-2H3,(H,32,35)/t25-/m0/s1. The highest BCUT2D eigenvalue weighted by molar-refractivity contribution is 5.85. The van der Waals surface area contributed by atoms with Gasteiger partial charge >= 0.3 is 0 Å². The summed E-state index contributed by atoms with van der Waals surface area (Å²) in [6.45, 7) is 6.21. The predicted octanol–water partition coefficient (Wildman–Crippen LogP) is 4.86. The molecule has 0 aliphatic rings. The molecule has 2 N–H and O–H groups in total. The fraction of sp³-hybridized carbons (Fsp3) is 0.310. The molecule has 0 bridgehead atoms. The quantitative estimate of drug-likeness (QED) is 0.214. The first kappa shape index (κ1) is 26.0. The molecule has 4 rings (SSSR count). The molecule has 4 aromatic rings. The number of fused-ring (bicyclic) bond motifs is 1. The highest BCUT2D eigenvalue weighted by Gasteiger charge is 2.16. The molecule has 0 fully saturated rings. The Morgan fingerprint density at radius 2 is 1.81 bits per heavy atom. The third-order valence-corrected chi connectivity index (χ3v) is 6.35. The molecular formula is C29H33N5O3. The van der Waals surface area contributed by atoms with Crippen molar-refractivity contribution in [3.8, 4) is 0 Å². The number of nitro groups is 1. The smallest absolute Gasteiger partial charge is 0.269 e. The van der Waals surface area contributed by atoms with Crippen LogP contribution < -0.4 is 10.6 Å². The minimum Gasteiger partial charge on any atom is -0.352 e. The molecule has 0 saturated heterocycles. The van der Waals surface area contributed by atoms with Crippen LogP contribution in [0.25, 0.3) is 10.8 Å². The minimum absolute atomic E-state index is 0.00789. The molecule has 1 aromatic heterocycles. The van der Waals surface area contributed by atoms with Gasteiger partial charge in [0.05, 0.1) is 17.7 Å². The molecule has 0 aliphatic carbocycles. The molecule has 0 spiro atoms. The zero-order chi connectivity index (χ0) is 26.2. The van der Waals surface area contributed by atoms with Crippen molar-refractivity contribution in [3.63, 3.8) is 0 Å². The zero-order valence-electron chi connectivity index (χ0n) is 21.3. The molecule has 8 nitrogen and oxygen atoms in total. The molecule has 0 saturated carbocycles. The number of carbonyl (C=O) groups excluding carboxylic acids is 1. The third-order valence-electron chi connectivity index (χ3n) is 6.35. The van der Waals surface area contributed by atoms with Crippen LogP contribution in [0.2, 0.25) is 0 Å². The number of rotatable bonds is 12. The highest BCUT2D eigenvalue weighted by atomic mass is 16.6. The Labute approximate surface area is 216 Å². The Bertz CT molecular complexity index is 1340. The number of hydrogen-bond acceptors (Lipinski definition) is 5. The Morgan fingerprint density at radius 1 is 1.05 bits per heavy atom. The number of benzene rings is 3. The normalized spacial score (nSPS) is 12.1. The number of aromatic nitrogens is 2. The van der Waals surface area contributed by atoms with Crippen LogP contribution in [0.15, 0.2) is 79.3 Å². The average Bonchev–Trinajstić information content (AvgIpc) is 3.30. The summed E-state index contributed by atoms with van der Waals surface area (Å²) in [6, 6.07) is 21.1. The van der Waals surface area contributed by atoms with Crippen molar-refractivity contribution in [1.29, 1.82) is 0 Å². The van der Waals surface area contributed by atoms with Gasteiger partial charge < -0.3 is 15.2 Å². The van der Waals surface area contributed by atoms with E-state index in [2.05, 4.69) is 65.9 Å². The van der Waals surface area contributed by atoms with Gasteiger partial charge in [-0.05, 0) is 34.2 Å². The Kier molecular flexibility index (Phi) is 8.64. The van der Waals surface area contributed by atoms with Gasteiger partial charge in [0.15, 0.2) is 0 Å². The summed E-state index contributed by atoms with van der Waals surface area (Å²) in [4.78, 5) is 27.7. The number of nitrogens with zero attached hydrogens (tertiary/aromatic N) is 3. The predicted molar refractivity (Wildman–Crippen MR) is 145 cm³/mol. The molecule has 3 aromatic carbocycles. The molecule has 8 heteroatoms. The second kappa shape index (κ2) is 12.3. The number of amides is 1. The van der Waals surface area contributed by atoms with Gasteiger partial charge in [-0.1, -0.05) is 68.4 Å². The average molecular weight is 500 g/mol. The van der Waals surface area contributed by atoms with Gasteiger partial charge in [-0.15, -0.1) is 0 Å². The molecular weight excluding hydrogens is 466 g/mol. The van der Waals surface area contributed by atoms with E-state index in [9.17, 15) is 14.9 Å². The maximum atomic E-state index is 13.0. The summed E-state index contributed by atoms with van der Waals surface area (Å²) in [5.74, 6) is 0.389. The van der Waals surface area contributed by atoms with Crippen molar-refractivity contribution >= 4 is 22.4 Å². The van der Waals surface area contributed by atoms with Gasteiger partial charge in [0.1, 0.15) is 0 Å². The van der Waals surface area contributed by atoms with Crippen LogP contribution in [0, 0.1) is 16.0 Å². The zero-order valence-corrected chi connectivity index (χ0v) is 21.3. The van der Waals surface area contributed by atoms with Crippen LogP contribution in [-0.2, 0) is 24.3 Å². The number of imidazole rings is 1. The van der Waals surface area contributed by atoms with Crippen LogP contribution in [0.4, 0.5) is 5.69 Å². The van der Waals surface area contributed by atoms with E-state index < -0.39 is 4.92 Å². The van der Waals surface area contributed by atoms with Crippen LogP contribution in [0.3, 0.4) is 0 Å². The molecule has 1 heterocycles. The number of carbonyl (C=O) groups is 1. The minimum atomic E-state index is -0.415. The van der Waals surface area contributed by atoms with Gasteiger partial charge in [0.25, 0.3) is 5.69 Å². The fourth-order valence-electron chi connectivity index (χ4n) is 4.59. The summed E-state index contributed by atoms with van der Waals surface area (Å²) in [7, 11) is 0. The van der Waals surface area contributed by atoms with Crippen molar-refractivity contribution < 1.29 is 9.72 Å². The second-order valence-electron chi connectivity index (χ2n) is 9.78. The first-order chi connectivity index (χ1) is 17.9. The van der Waals surface area contributed by atoms with Gasteiger partial charge in [-0.3, -0.25) is 14.9 Å². The van der Waals surface area contributed by atoms with E-state index in [0.717, 1.165) is 24.2 Å². The lowest BCUT2D eigenvalue weighted by Gasteiger charge is -2.22. The van der Waals surface area contributed by atoms with E-state index in [1.54, 1.807) is 24.7 Å². The monoisotopic (exact) mass is 499 g/mol. The van der Waals surface area contributed by atoms with Crippen LogP contribution in [0.1, 0.15) is 37.1 Å². The molecule has 1 amide bonds. The first-order valence-corrected chi connectivity index (χ1v) is 12.6. The maximum Gasteiger partial charge on any atom is 0.269 e. The van der Waals surface area contributed by atoms with Gasteiger partial charge in [-0.25, -0.2) is 4.98 Å². The summed E-state index contributed by atoms with van der Waals surface area (Å²) in [5, 5.41) is 20.1. The second-order valence-corrected chi connectivity index (χ2v) is 9.78. The lowest BCUT2D eigenvalue weighted by atomic mass is 10.0. The van der Waals surface area contributed by atoms with E-state index in [1.807, 2.05) is 10.6 Å². The van der Waals surface area contributed by atoms with Gasteiger partial charge in [0, 0.05) is 49.7 Å². The van der Waals surface area contributed by atoms with Crippen molar-refractivity contribution in [2.45, 2.75) is 45.8 Å². The van der Waals surface area contributed by atoms with Crippen molar-refractivity contribution in [2.75, 3.05) is 6.54 Å². The first-order valence-electron chi connectivity index (χ1n) is 12.6. The summed E-state index contributed by atoms with van der Waals surface area (Å²) >= 11 is 0. The Morgan fingerprint density at radius 3 is 2.57 bits per heavy atom. The van der Waals surface area contributed by atoms with Gasteiger partial charge in [0.2, 0.25) is 5.91 Å². The lowest BCUT2D eigenvalue weighted by Crippen LogP contribution is -2.43. The topological polar surface area (TPSA) is 102 Å². The van der Waals surface area contributed by atoms with Crippen LogP contribution in [-0.4, -0.2) is 33.0 Å². The Hall–Kier alpha value is -4.04. The lowest BCUT2D eigenvalue weighted by molar-refractivity contribution is -0.384. The third kappa shape index (κ3) is 7.24. The van der Waals surface area contributed by atoms with Crippen molar-refractivity contribution in [2.24, 2.45) is 5.92 Å². The van der Waals surface area contributed by atoms with E-state index in [1.165, 1.54) is 28.5 Å². The maximum absolute atomic E-state index is 13.0. The molecule has 0 aliphatic heterocycles. The summed E-state index contributed by atoms with van der Waals surface area (Å²) < 4.78 is 1.90. The molecule has 37 heavy (non-hydrogen) atoms. The molecule has 1 atom stereocenters. The number of nitro benzene ring substituents is 1. The molecule has 0 radical (unpaired) electrons. The number of nitrogens with one attached hydrogen (secondary N) is 2. The van der Waals surface area contributed by atoms with E-state index >= 15 is 0 Å². The van der Waals surface area contributed by atoms with E-state index in [-0.39, 0.29) is 24.1 Å². The largest absolute Gasteiger partial charge is 0.352 e. The van der Waals surface area contributed by atoms with Crippen molar-refractivity contribution in [3.05, 3.63) is 106 Å². The van der Waals surface area contributed by atoms with Crippen LogP contribution in [0.5, 0.6) is 0 Å². The van der Waals surface area contributed by atoms with E-state index in [4.69, 9.17) is 0 Å². The molecule has 192 valence electrons. The number of non-ortho nitro benzene ring substituents is 1. The SMILES string of the molecule is CC(C)C[C@@H](CNCc1cccc2ccccc12)NC(=O)Cc1cncn1Cc1ccc([N+](=O)[O-])cc1. The van der Waals surface area contributed by atoms with E-state index in [0.29, 0.717) is 19.0 Å². The van der Waals surface area contributed by atoms with Crippen LogP contribution >= 0.6 is 0 Å². The van der Waals surface area contributed by atoms with Gasteiger partial charge in [-0.2, -0.15) is 0 Å². The highest BCUT2D eigenvalue weighted by Crippen LogP contribution is 2.18. The fourth-order valence-corrected chi connectivity index (χ4v) is 4.59. The van der Waals surface area contributed by atoms with Crippen molar-refractivity contribution in [1.82, 2.24) is 20.2 Å². The summed E-state index contributed by atoms with van der Waals surface area (Å²) in [5.41, 5.74) is 2.99. The summed E-state index contributed by atoms with van der Waals surface area (Å²) in [6.07, 6.45) is 4.46. The molecule has 0 unspecified atom stereocenters.